The molecule has 2 heterocycles. The van der Waals surface area contributed by atoms with Crippen LogP contribution in [0.15, 0.2) is 76.5 Å². The van der Waals surface area contributed by atoms with Crippen LogP contribution >= 0.6 is 0 Å². The molecule has 0 bridgehead atoms. The molecular weight excluding hydrogens is 290 g/mol. The fourth-order valence-electron chi connectivity index (χ4n) is 2.12. The number of rotatable bonds is 4. The summed E-state index contributed by atoms with van der Waals surface area (Å²) in [6.07, 6.45) is 3.37. The largest absolute Gasteiger partial charge is 0.456 e. The molecule has 0 radical (unpaired) electrons. The van der Waals surface area contributed by atoms with Gasteiger partial charge in [0.15, 0.2) is 5.76 Å². The smallest absolute Gasteiger partial charge is 0.307 e. The summed E-state index contributed by atoms with van der Waals surface area (Å²) in [7, 11) is 0. The van der Waals surface area contributed by atoms with Gasteiger partial charge in [0.1, 0.15) is 5.76 Å². The number of nitrogens with one attached hydrogen (secondary N) is 1. The number of furan rings is 1. The molecule has 0 atom stereocenters. The topological polar surface area (TPSA) is 67.5 Å². The summed E-state index contributed by atoms with van der Waals surface area (Å²) in [5.74, 6) is 0.519. The molecule has 0 aliphatic carbocycles. The minimum atomic E-state index is -0.388. The summed E-state index contributed by atoms with van der Waals surface area (Å²) >= 11 is 0. The summed E-state index contributed by atoms with van der Waals surface area (Å²) in [4.78, 5) is 16.1. The molecule has 5 nitrogen and oxygen atoms in total. The van der Waals surface area contributed by atoms with Crippen LogP contribution in [0.2, 0.25) is 0 Å². The fourth-order valence-corrected chi connectivity index (χ4v) is 2.12. The molecule has 5 heteroatoms. The lowest BCUT2D eigenvalue weighted by molar-refractivity contribution is 0.0926. The van der Waals surface area contributed by atoms with E-state index in [9.17, 15) is 4.79 Å². The predicted molar refractivity (Wildman–Crippen MR) is 87.2 cm³/mol. The molecule has 3 rings (SSSR count). The molecule has 0 unspecified atom stereocenters. The number of hydrazone groups is 1. The highest BCUT2D eigenvalue weighted by molar-refractivity contribution is 6.13. The van der Waals surface area contributed by atoms with Gasteiger partial charge in [0.2, 0.25) is 0 Å². The Morgan fingerprint density at radius 1 is 1.00 bits per heavy atom. The van der Waals surface area contributed by atoms with Crippen molar-refractivity contribution in [3.63, 3.8) is 0 Å². The van der Waals surface area contributed by atoms with Crippen molar-refractivity contribution in [2.24, 2.45) is 5.10 Å². The quantitative estimate of drug-likeness (QED) is 0.594. The number of hydrogen-bond donors (Lipinski definition) is 1. The van der Waals surface area contributed by atoms with E-state index in [1.165, 1.54) is 0 Å². The van der Waals surface area contributed by atoms with Gasteiger partial charge >= 0.3 is 5.91 Å². The van der Waals surface area contributed by atoms with Crippen LogP contribution in [0.4, 0.5) is 0 Å². The van der Waals surface area contributed by atoms with Crippen molar-refractivity contribution in [2.75, 3.05) is 0 Å². The predicted octanol–water partition coefficient (Wildman–Crippen LogP) is 3.17. The highest BCUT2D eigenvalue weighted by Gasteiger charge is 2.11. The Morgan fingerprint density at radius 3 is 2.35 bits per heavy atom. The molecule has 23 heavy (non-hydrogen) atoms. The normalized spacial score (nSPS) is 11.3. The van der Waals surface area contributed by atoms with Crippen molar-refractivity contribution in [1.29, 1.82) is 0 Å². The maximum Gasteiger partial charge on any atom is 0.307 e. The minimum absolute atomic E-state index is 0.230. The van der Waals surface area contributed by atoms with Crippen molar-refractivity contribution in [1.82, 2.24) is 10.4 Å². The van der Waals surface area contributed by atoms with Crippen molar-refractivity contribution >= 4 is 11.6 Å². The Kier molecular flexibility index (Phi) is 4.29. The highest BCUT2D eigenvalue weighted by Crippen LogP contribution is 2.10. The lowest BCUT2D eigenvalue weighted by Crippen LogP contribution is -2.20. The van der Waals surface area contributed by atoms with Crippen LogP contribution in [0.5, 0.6) is 0 Å². The molecule has 1 N–H and O–H groups in total. The zero-order valence-electron chi connectivity index (χ0n) is 12.6. The average Bonchev–Trinajstić information content (AvgIpc) is 3.03. The van der Waals surface area contributed by atoms with Gasteiger partial charge in [-0.05, 0) is 31.2 Å². The Morgan fingerprint density at radius 2 is 1.70 bits per heavy atom. The van der Waals surface area contributed by atoms with E-state index in [0.717, 1.165) is 11.1 Å². The van der Waals surface area contributed by atoms with E-state index in [4.69, 9.17) is 4.42 Å². The van der Waals surface area contributed by atoms with E-state index in [1.807, 2.05) is 42.5 Å². The number of carbonyl (C=O) groups excluding carboxylic acids is 1. The van der Waals surface area contributed by atoms with Gasteiger partial charge in [-0.3, -0.25) is 9.78 Å². The summed E-state index contributed by atoms with van der Waals surface area (Å²) in [6, 6.07) is 16.7. The van der Waals surface area contributed by atoms with Gasteiger partial charge < -0.3 is 4.42 Å². The second-order valence-electron chi connectivity index (χ2n) is 4.91. The first-order valence-electron chi connectivity index (χ1n) is 7.14. The SMILES string of the molecule is Cc1ccc(C(=O)N/N=C(\c2ccccc2)c2ccncc2)o1. The molecule has 2 aromatic heterocycles. The summed E-state index contributed by atoms with van der Waals surface area (Å²) in [6.45, 7) is 1.78. The number of pyridine rings is 1. The van der Waals surface area contributed by atoms with Crippen molar-refractivity contribution in [3.05, 3.63) is 89.6 Å². The van der Waals surface area contributed by atoms with Crippen LogP contribution in [0.25, 0.3) is 0 Å². The standard InChI is InChI=1S/C18H15N3O2/c1-13-7-8-16(23-13)18(22)21-20-17(14-5-3-2-4-6-14)15-9-11-19-12-10-15/h2-12H,1H3,(H,21,22)/b20-17+. The average molecular weight is 305 g/mol. The molecule has 3 aromatic rings. The second kappa shape index (κ2) is 6.70. The summed E-state index contributed by atoms with van der Waals surface area (Å²) in [5.41, 5.74) is 4.96. The molecule has 0 saturated carbocycles. The van der Waals surface area contributed by atoms with Crippen molar-refractivity contribution in [3.8, 4) is 0 Å². The van der Waals surface area contributed by atoms with E-state index < -0.39 is 0 Å². The van der Waals surface area contributed by atoms with E-state index >= 15 is 0 Å². The number of nitrogens with zero attached hydrogens (tertiary/aromatic N) is 2. The molecule has 114 valence electrons. The first-order valence-corrected chi connectivity index (χ1v) is 7.14. The summed E-state index contributed by atoms with van der Waals surface area (Å²) < 4.78 is 5.30. The zero-order valence-corrected chi connectivity index (χ0v) is 12.6. The van der Waals surface area contributed by atoms with Crippen LogP contribution in [0.3, 0.4) is 0 Å². The van der Waals surface area contributed by atoms with Gasteiger partial charge in [-0.1, -0.05) is 30.3 Å². The molecule has 0 fully saturated rings. The van der Waals surface area contributed by atoms with Crippen LogP contribution in [-0.2, 0) is 0 Å². The third kappa shape index (κ3) is 3.52. The molecule has 1 amide bonds. The van der Waals surface area contributed by atoms with Crippen LogP contribution in [0, 0.1) is 6.92 Å². The van der Waals surface area contributed by atoms with E-state index in [1.54, 1.807) is 31.5 Å². The zero-order chi connectivity index (χ0) is 16.1. The lowest BCUT2D eigenvalue weighted by atomic mass is 10.0. The van der Waals surface area contributed by atoms with Crippen LogP contribution in [0.1, 0.15) is 27.4 Å². The Labute approximate surface area is 133 Å². The minimum Gasteiger partial charge on any atom is -0.456 e. The number of carbonyl (C=O) groups is 1. The van der Waals surface area contributed by atoms with Gasteiger partial charge in [-0.25, -0.2) is 5.43 Å². The number of benzene rings is 1. The maximum absolute atomic E-state index is 12.1. The van der Waals surface area contributed by atoms with Crippen LogP contribution < -0.4 is 5.43 Å². The van der Waals surface area contributed by atoms with E-state index in [2.05, 4.69) is 15.5 Å². The van der Waals surface area contributed by atoms with Gasteiger partial charge in [-0.2, -0.15) is 5.10 Å². The summed E-state index contributed by atoms with van der Waals surface area (Å²) in [5, 5.41) is 4.28. The number of aryl methyl sites for hydroxylation is 1. The number of amides is 1. The molecule has 0 aliphatic heterocycles. The van der Waals surface area contributed by atoms with E-state index in [-0.39, 0.29) is 11.7 Å². The molecule has 0 aliphatic rings. The van der Waals surface area contributed by atoms with Gasteiger partial charge in [-0.15, -0.1) is 0 Å². The van der Waals surface area contributed by atoms with Gasteiger partial charge in [0, 0.05) is 23.5 Å². The molecule has 0 saturated heterocycles. The number of hydrogen-bond acceptors (Lipinski definition) is 4. The maximum atomic E-state index is 12.1. The highest BCUT2D eigenvalue weighted by atomic mass is 16.3. The number of aromatic nitrogens is 1. The van der Waals surface area contributed by atoms with Gasteiger partial charge in [0.25, 0.3) is 0 Å². The van der Waals surface area contributed by atoms with Gasteiger partial charge in [0.05, 0.1) is 5.71 Å². The Bertz CT molecular complexity index is 782. The third-order valence-corrected chi connectivity index (χ3v) is 3.23. The van der Waals surface area contributed by atoms with Crippen molar-refractivity contribution in [2.45, 2.75) is 6.92 Å². The fraction of sp³-hybridized carbons (Fsp3) is 0.0556. The monoisotopic (exact) mass is 305 g/mol. The Balaban J connectivity index is 1.91. The van der Waals surface area contributed by atoms with Crippen molar-refractivity contribution < 1.29 is 9.21 Å². The molecule has 1 aromatic carbocycles. The van der Waals surface area contributed by atoms with E-state index in [0.29, 0.717) is 11.5 Å². The first-order chi connectivity index (χ1) is 11.2. The molecule has 0 spiro atoms. The molecular formula is C18H15N3O2. The lowest BCUT2D eigenvalue weighted by Gasteiger charge is -2.07. The second-order valence-corrected chi connectivity index (χ2v) is 4.91. The Hall–Kier alpha value is -3.21. The third-order valence-electron chi connectivity index (χ3n) is 3.23. The first kappa shape index (κ1) is 14.7. The van der Waals surface area contributed by atoms with Crippen LogP contribution in [-0.4, -0.2) is 16.6 Å².